The van der Waals surface area contributed by atoms with Gasteiger partial charge in [0.05, 0.1) is 0 Å². The summed E-state index contributed by atoms with van der Waals surface area (Å²) in [5.74, 6) is -0.278. The lowest BCUT2D eigenvalue weighted by atomic mass is 10.2. The maximum Gasteiger partial charge on any atom is 0.317 e. The molecule has 0 aliphatic heterocycles. The number of halogens is 1. The minimum atomic E-state index is -0.278. The van der Waals surface area contributed by atoms with Crippen LogP contribution in [0, 0.1) is 5.82 Å². The van der Waals surface area contributed by atoms with Gasteiger partial charge in [0.25, 0.3) is 0 Å². The minimum Gasteiger partial charge on any atom is -0.334 e. The summed E-state index contributed by atoms with van der Waals surface area (Å²) < 4.78 is 12.8. The van der Waals surface area contributed by atoms with Crippen molar-refractivity contribution in [1.82, 2.24) is 15.2 Å². The zero-order valence-electron chi connectivity index (χ0n) is 11.9. The van der Waals surface area contributed by atoms with Crippen LogP contribution < -0.4 is 5.32 Å². The van der Waals surface area contributed by atoms with Crippen molar-refractivity contribution in [3.63, 3.8) is 0 Å². The molecule has 0 bridgehead atoms. The molecule has 1 heterocycles. The molecule has 2 aromatic rings. The first-order valence-corrected chi connectivity index (χ1v) is 6.77. The molecule has 0 fully saturated rings. The van der Waals surface area contributed by atoms with Crippen molar-refractivity contribution >= 4 is 6.03 Å². The number of pyridine rings is 1. The highest BCUT2D eigenvalue weighted by atomic mass is 19.1. The third-order valence-electron chi connectivity index (χ3n) is 3.19. The van der Waals surface area contributed by atoms with E-state index >= 15 is 0 Å². The van der Waals surface area contributed by atoms with Crippen LogP contribution in [0.2, 0.25) is 0 Å². The number of carbonyl (C=O) groups is 1. The average Bonchev–Trinajstić information content (AvgIpc) is 2.52. The Morgan fingerprint density at radius 1 is 1.14 bits per heavy atom. The molecule has 0 unspecified atom stereocenters. The van der Waals surface area contributed by atoms with Crippen molar-refractivity contribution in [2.45, 2.75) is 13.0 Å². The minimum absolute atomic E-state index is 0.145. The predicted octanol–water partition coefficient (Wildman–Crippen LogP) is 2.60. The number of nitrogens with one attached hydrogen (secondary N) is 1. The molecule has 1 N–H and O–H groups in total. The van der Waals surface area contributed by atoms with E-state index in [0.29, 0.717) is 13.1 Å². The van der Waals surface area contributed by atoms with Crippen LogP contribution in [0.15, 0.2) is 48.8 Å². The highest BCUT2D eigenvalue weighted by molar-refractivity contribution is 5.73. The summed E-state index contributed by atoms with van der Waals surface area (Å²) in [6, 6.07) is 9.81. The molecule has 5 heteroatoms. The first-order chi connectivity index (χ1) is 10.1. The number of amides is 2. The third-order valence-corrected chi connectivity index (χ3v) is 3.19. The largest absolute Gasteiger partial charge is 0.334 e. The van der Waals surface area contributed by atoms with Gasteiger partial charge in [-0.15, -0.1) is 0 Å². The van der Waals surface area contributed by atoms with Gasteiger partial charge in [0.1, 0.15) is 5.82 Å². The van der Waals surface area contributed by atoms with Gasteiger partial charge in [0.2, 0.25) is 0 Å². The molecule has 1 aromatic carbocycles. The Morgan fingerprint density at radius 3 is 2.48 bits per heavy atom. The van der Waals surface area contributed by atoms with E-state index in [1.165, 1.54) is 12.1 Å². The number of hydrogen-bond donors (Lipinski definition) is 1. The lowest BCUT2D eigenvalue weighted by molar-refractivity contribution is 0.209. The van der Waals surface area contributed by atoms with E-state index in [4.69, 9.17) is 0 Å². The summed E-state index contributed by atoms with van der Waals surface area (Å²) in [7, 11) is 1.75. The van der Waals surface area contributed by atoms with Crippen molar-refractivity contribution in [2.75, 3.05) is 13.6 Å². The van der Waals surface area contributed by atoms with Crippen molar-refractivity contribution in [1.29, 1.82) is 0 Å². The lowest BCUT2D eigenvalue weighted by Gasteiger charge is -2.18. The molecule has 110 valence electrons. The van der Waals surface area contributed by atoms with Gasteiger partial charge < -0.3 is 10.2 Å². The van der Waals surface area contributed by atoms with Crippen molar-refractivity contribution in [3.05, 3.63) is 65.7 Å². The van der Waals surface area contributed by atoms with Gasteiger partial charge in [0, 0.05) is 32.5 Å². The molecule has 0 spiro atoms. The fraction of sp³-hybridized carbons (Fsp3) is 0.250. The molecule has 2 amide bonds. The van der Waals surface area contributed by atoms with Crippen molar-refractivity contribution in [2.24, 2.45) is 0 Å². The van der Waals surface area contributed by atoms with Gasteiger partial charge >= 0.3 is 6.03 Å². The Labute approximate surface area is 123 Å². The number of likely N-dealkylation sites (N-methyl/N-ethyl adjacent to an activating group) is 1. The van der Waals surface area contributed by atoms with E-state index in [1.54, 1.807) is 36.5 Å². The molecule has 0 atom stereocenters. The van der Waals surface area contributed by atoms with Gasteiger partial charge in [0.15, 0.2) is 0 Å². The standard InChI is InChI=1S/C16H18FN3O/c1-20(11-8-13-6-9-18-10-7-13)16(21)19-12-14-2-4-15(17)5-3-14/h2-7,9-10H,8,11-12H2,1H3,(H,19,21). The Bertz CT molecular complexity index is 572. The fourth-order valence-electron chi connectivity index (χ4n) is 1.86. The van der Waals surface area contributed by atoms with Gasteiger partial charge in [-0.3, -0.25) is 4.98 Å². The van der Waals surface area contributed by atoms with E-state index in [9.17, 15) is 9.18 Å². The van der Waals surface area contributed by atoms with Gasteiger partial charge in [-0.2, -0.15) is 0 Å². The van der Waals surface area contributed by atoms with Crippen LogP contribution in [-0.4, -0.2) is 29.5 Å². The van der Waals surface area contributed by atoms with E-state index in [-0.39, 0.29) is 11.8 Å². The summed E-state index contributed by atoms with van der Waals surface area (Å²) in [6.07, 6.45) is 4.26. The number of nitrogens with zero attached hydrogens (tertiary/aromatic N) is 2. The smallest absolute Gasteiger partial charge is 0.317 e. The number of benzene rings is 1. The van der Waals surface area contributed by atoms with Crippen molar-refractivity contribution in [3.8, 4) is 0 Å². The number of carbonyl (C=O) groups excluding carboxylic acids is 1. The summed E-state index contributed by atoms with van der Waals surface area (Å²) in [5, 5.41) is 2.81. The fourth-order valence-corrected chi connectivity index (χ4v) is 1.86. The molecule has 21 heavy (non-hydrogen) atoms. The number of rotatable bonds is 5. The molecule has 0 saturated heterocycles. The second kappa shape index (κ2) is 7.38. The highest BCUT2D eigenvalue weighted by Gasteiger charge is 2.07. The Balaban J connectivity index is 1.76. The summed E-state index contributed by atoms with van der Waals surface area (Å²) in [5.41, 5.74) is 2.01. The first-order valence-electron chi connectivity index (χ1n) is 6.77. The van der Waals surface area contributed by atoms with Crippen LogP contribution in [0.3, 0.4) is 0 Å². The maximum atomic E-state index is 12.8. The second-order valence-corrected chi connectivity index (χ2v) is 4.81. The molecule has 0 saturated carbocycles. The number of hydrogen-bond acceptors (Lipinski definition) is 2. The third kappa shape index (κ3) is 4.87. The second-order valence-electron chi connectivity index (χ2n) is 4.81. The lowest BCUT2D eigenvalue weighted by Crippen LogP contribution is -2.37. The molecule has 1 aromatic heterocycles. The SMILES string of the molecule is CN(CCc1ccncc1)C(=O)NCc1ccc(F)cc1. The number of urea groups is 1. The number of aromatic nitrogens is 1. The van der Waals surface area contributed by atoms with Crippen LogP contribution in [0.5, 0.6) is 0 Å². The average molecular weight is 287 g/mol. The molecular formula is C16H18FN3O. The van der Waals surface area contributed by atoms with Gasteiger partial charge in [-0.1, -0.05) is 12.1 Å². The Morgan fingerprint density at radius 2 is 1.81 bits per heavy atom. The highest BCUT2D eigenvalue weighted by Crippen LogP contribution is 2.03. The molecule has 0 aliphatic rings. The Kier molecular flexibility index (Phi) is 5.26. The van der Waals surface area contributed by atoms with Crippen LogP contribution in [0.25, 0.3) is 0 Å². The zero-order valence-corrected chi connectivity index (χ0v) is 11.9. The topological polar surface area (TPSA) is 45.2 Å². The predicted molar refractivity (Wildman–Crippen MR) is 79.2 cm³/mol. The quantitative estimate of drug-likeness (QED) is 0.918. The van der Waals surface area contributed by atoms with Crippen LogP contribution in [0.1, 0.15) is 11.1 Å². The molecular weight excluding hydrogens is 269 g/mol. The van der Waals surface area contributed by atoms with Crippen LogP contribution in [0.4, 0.5) is 9.18 Å². The van der Waals surface area contributed by atoms with E-state index in [0.717, 1.165) is 17.5 Å². The monoisotopic (exact) mass is 287 g/mol. The van der Waals surface area contributed by atoms with E-state index in [2.05, 4.69) is 10.3 Å². The Hall–Kier alpha value is -2.43. The molecule has 4 nitrogen and oxygen atoms in total. The van der Waals surface area contributed by atoms with Crippen LogP contribution >= 0.6 is 0 Å². The normalized spacial score (nSPS) is 10.2. The summed E-state index contributed by atoms with van der Waals surface area (Å²) in [6.45, 7) is 1.01. The molecule has 0 radical (unpaired) electrons. The van der Waals surface area contributed by atoms with Gasteiger partial charge in [-0.05, 0) is 41.8 Å². The molecule has 0 aliphatic carbocycles. The summed E-state index contributed by atoms with van der Waals surface area (Å²) in [4.78, 5) is 17.5. The zero-order chi connectivity index (χ0) is 15.1. The van der Waals surface area contributed by atoms with E-state index in [1.807, 2.05) is 12.1 Å². The van der Waals surface area contributed by atoms with E-state index < -0.39 is 0 Å². The summed E-state index contributed by atoms with van der Waals surface area (Å²) >= 11 is 0. The maximum absolute atomic E-state index is 12.8. The van der Waals surface area contributed by atoms with Gasteiger partial charge in [-0.25, -0.2) is 9.18 Å². The van der Waals surface area contributed by atoms with Crippen molar-refractivity contribution < 1.29 is 9.18 Å². The molecule has 2 rings (SSSR count). The first kappa shape index (κ1) is 15.0. The van der Waals surface area contributed by atoms with Crippen LogP contribution in [-0.2, 0) is 13.0 Å².